The lowest BCUT2D eigenvalue weighted by Gasteiger charge is -2.25. The smallest absolute Gasteiger partial charge is 0.323 e. The molecule has 5 nitrogen and oxygen atoms in total. The third kappa shape index (κ3) is 3.32. The maximum Gasteiger partial charge on any atom is 0.323 e. The van der Waals surface area contributed by atoms with Crippen molar-refractivity contribution in [2.24, 2.45) is 5.41 Å². The van der Waals surface area contributed by atoms with Gasteiger partial charge in [0.25, 0.3) is 0 Å². The van der Waals surface area contributed by atoms with Crippen molar-refractivity contribution < 1.29 is 19.4 Å². The fourth-order valence-corrected chi connectivity index (χ4v) is 2.71. The van der Waals surface area contributed by atoms with Crippen LogP contribution in [0.5, 0.6) is 0 Å². The second-order valence-corrected chi connectivity index (χ2v) is 5.26. The van der Waals surface area contributed by atoms with Gasteiger partial charge < -0.3 is 9.84 Å². The standard InChI is InChI=1S/C13H19NO4S/c1-4-13(11(15)16,12(17)18-5-2)7-6-10-9(3)14-8-19-10/h8H,4-7H2,1-3H3,(H,15,16). The van der Waals surface area contributed by atoms with Crippen LogP contribution in [0, 0.1) is 12.3 Å². The van der Waals surface area contributed by atoms with E-state index in [1.54, 1.807) is 19.4 Å². The lowest BCUT2D eigenvalue weighted by atomic mass is 9.80. The van der Waals surface area contributed by atoms with Gasteiger partial charge in [0.1, 0.15) is 0 Å². The number of carboxylic acids is 1. The van der Waals surface area contributed by atoms with E-state index in [4.69, 9.17) is 4.74 Å². The van der Waals surface area contributed by atoms with Gasteiger partial charge in [-0.15, -0.1) is 11.3 Å². The van der Waals surface area contributed by atoms with Crippen LogP contribution in [0.2, 0.25) is 0 Å². The minimum atomic E-state index is -1.45. The third-order valence-electron chi connectivity index (χ3n) is 3.30. The normalized spacial score (nSPS) is 13.8. The molecule has 0 bridgehead atoms. The van der Waals surface area contributed by atoms with Crippen LogP contribution in [0.15, 0.2) is 5.51 Å². The van der Waals surface area contributed by atoms with Crippen LogP contribution in [-0.4, -0.2) is 28.6 Å². The highest BCUT2D eigenvalue weighted by molar-refractivity contribution is 7.09. The van der Waals surface area contributed by atoms with Gasteiger partial charge in [-0.05, 0) is 33.1 Å². The van der Waals surface area contributed by atoms with E-state index in [9.17, 15) is 14.7 Å². The Morgan fingerprint density at radius 3 is 2.58 bits per heavy atom. The first kappa shape index (κ1) is 15.6. The maximum atomic E-state index is 12.0. The molecule has 0 aromatic carbocycles. The molecule has 0 aliphatic rings. The highest BCUT2D eigenvalue weighted by Gasteiger charge is 2.45. The molecule has 1 aromatic rings. The molecule has 6 heteroatoms. The van der Waals surface area contributed by atoms with Crippen molar-refractivity contribution >= 4 is 23.3 Å². The Morgan fingerprint density at radius 1 is 1.47 bits per heavy atom. The second-order valence-electron chi connectivity index (χ2n) is 4.32. The molecule has 0 radical (unpaired) electrons. The van der Waals surface area contributed by atoms with Crippen molar-refractivity contribution in [3.05, 3.63) is 16.1 Å². The van der Waals surface area contributed by atoms with Crippen LogP contribution in [-0.2, 0) is 20.7 Å². The van der Waals surface area contributed by atoms with Crippen molar-refractivity contribution in [3.8, 4) is 0 Å². The molecule has 19 heavy (non-hydrogen) atoms. The average Bonchev–Trinajstić information content (AvgIpc) is 2.76. The number of aliphatic carboxylic acids is 1. The number of rotatable bonds is 7. The van der Waals surface area contributed by atoms with Gasteiger partial charge in [0, 0.05) is 4.88 Å². The predicted molar refractivity (Wildman–Crippen MR) is 72.2 cm³/mol. The summed E-state index contributed by atoms with van der Waals surface area (Å²) < 4.78 is 4.93. The van der Waals surface area contributed by atoms with Gasteiger partial charge in [-0.25, -0.2) is 4.98 Å². The minimum absolute atomic E-state index is 0.188. The molecule has 0 saturated heterocycles. The van der Waals surface area contributed by atoms with Gasteiger partial charge in [-0.2, -0.15) is 0 Å². The molecule has 0 aliphatic heterocycles. The number of aromatic nitrogens is 1. The Labute approximate surface area is 116 Å². The maximum absolute atomic E-state index is 12.0. The predicted octanol–water partition coefficient (Wildman–Crippen LogP) is 2.43. The van der Waals surface area contributed by atoms with E-state index in [-0.39, 0.29) is 19.4 Å². The first-order valence-corrected chi connectivity index (χ1v) is 7.15. The number of ether oxygens (including phenoxy) is 1. The highest BCUT2D eigenvalue weighted by atomic mass is 32.1. The molecule has 1 N–H and O–H groups in total. The van der Waals surface area contributed by atoms with E-state index in [2.05, 4.69) is 4.98 Å². The lowest BCUT2D eigenvalue weighted by molar-refractivity contribution is -0.169. The van der Waals surface area contributed by atoms with Gasteiger partial charge in [0.2, 0.25) is 0 Å². The molecule has 1 aromatic heterocycles. The van der Waals surface area contributed by atoms with Gasteiger partial charge in [-0.3, -0.25) is 9.59 Å². The number of esters is 1. The molecule has 0 saturated carbocycles. The summed E-state index contributed by atoms with van der Waals surface area (Å²) in [6, 6.07) is 0. The number of carbonyl (C=O) groups is 2. The molecule has 1 rings (SSSR count). The first-order chi connectivity index (χ1) is 8.97. The summed E-state index contributed by atoms with van der Waals surface area (Å²) in [5.74, 6) is -1.76. The van der Waals surface area contributed by atoms with E-state index < -0.39 is 17.4 Å². The molecule has 1 unspecified atom stereocenters. The van der Waals surface area contributed by atoms with Crippen molar-refractivity contribution in [1.29, 1.82) is 0 Å². The number of carboxylic acid groups (broad SMARTS) is 1. The van der Waals surface area contributed by atoms with Crippen molar-refractivity contribution in [2.45, 2.75) is 40.0 Å². The van der Waals surface area contributed by atoms with Crippen LogP contribution in [0.3, 0.4) is 0 Å². The summed E-state index contributed by atoms with van der Waals surface area (Å²) in [6.45, 7) is 5.44. The summed E-state index contributed by atoms with van der Waals surface area (Å²) in [5.41, 5.74) is 1.17. The van der Waals surface area contributed by atoms with E-state index in [1.165, 1.54) is 11.3 Å². The second kappa shape index (κ2) is 6.65. The van der Waals surface area contributed by atoms with Gasteiger partial charge in [0.05, 0.1) is 17.8 Å². The molecule has 106 valence electrons. The summed E-state index contributed by atoms with van der Waals surface area (Å²) in [4.78, 5) is 28.6. The van der Waals surface area contributed by atoms with E-state index >= 15 is 0 Å². The number of hydrogen-bond acceptors (Lipinski definition) is 5. The minimum Gasteiger partial charge on any atom is -0.480 e. The molecule has 1 atom stereocenters. The molecule has 1 heterocycles. The fourth-order valence-electron chi connectivity index (χ4n) is 1.93. The van der Waals surface area contributed by atoms with E-state index in [0.717, 1.165) is 10.6 Å². The Morgan fingerprint density at radius 2 is 2.16 bits per heavy atom. The average molecular weight is 285 g/mol. The number of nitrogens with zero attached hydrogens (tertiary/aromatic N) is 1. The zero-order valence-electron chi connectivity index (χ0n) is 11.4. The molecule has 0 amide bonds. The Kier molecular flexibility index (Phi) is 5.47. The van der Waals surface area contributed by atoms with Crippen LogP contribution in [0.1, 0.15) is 37.3 Å². The number of thiazole rings is 1. The topological polar surface area (TPSA) is 76.5 Å². The van der Waals surface area contributed by atoms with Crippen LogP contribution in [0.4, 0.5) is 0 Å². The van der Waals surface area contributed by atoms with Gasteiger partial charge in [-0.1, -0.05) is 6.92 Å². The Bertz CT molecular complexity index is 457. The Balaban J connectivity index is 2.89. The van der Waals surface area contributed by atoms with Gasteiger partial charge >= 0.3 is 11.9 Å². The first-order valence-electron chi connectivity index (χ1n) is 6.27. The molecular formula is C13H19NO4S. The molecule has 0 aliphatic carbocycles. The quantitative estimate of drug-likeness (QED) is 0.615. The zero-order chi connectivity index (χ0) is 14.5. The Hall–Kier alpha value is -1.43. The fraction of sp³-hybridized carbons (Fsp3) is 0.615. The van der Waals surface area contributed by atoms with E-state index in [0.29, 0.717) is 6.42 Å². The van der Waals surface area contributed by atoms with Crippen molar-refractivity contribution in [3.63, 3.8) is 0 Å². The SMILES string of the molecule is CCOC(=O)C(CC)(CCc1scnc1C)C(=O)O. The van der Waals surface area contributed by atoms with Crippen molar-refractivity contribution in [1.82, 2.24) is 4.98 Å². The largest absolute Gasteiger partial charge is 0.480 e. The molecular weight excluding hydrogens is 266 g/mol. The van der Waals surface area contributed by atoms with Crippen LogP contribution in [0.25, 0.3) is 0 Å². The van der Waals surface area contributed by atoms with Crippen LogP contribution < -0.4 is 0 Å². The number of aryl methyl sites for hydroxylation is 2. The summed E-state index contributed by atoms with van der Waals surface area (Å²) in [6.07, 6.45) is 0.981. The molecule has 0 fully saturated rings. The number of carbonyl (C=O) groups excluding carboxylic acids is 1. The summed E-state index contributed by atoms with van der Waals surface area (Å²) in [7, 11) is 0. The molecule has 0 spiro atoms. The lowest BCUT2D eigenvalue weighted by Crippen LogP contribution is -2.40. The zero-order valence-corrected chi connectivity index (χ0v) is 12.2. The van der Waals surface area contributed by atoms with Crippen molar-refractivity contribution in [2.75, 3.05) is 6.61 Å². The summed E-state index contributed by atoms with van der Waals surface area (Å²) >= 11 is 1.48. The summed E-state index contributed by atoms with van der Waals surface area (Å²) in [5, 5.41) is 9.41. The van der Waals surface area contributed by atoms with Crippen LogP contribution >= 0.6 is 11.3 Å². The number of hydrogen-bond donors (Lipinski definition) is 1. The highest BCUT2D eigenvalue weighted by Crippen LogP contribution is 2.32. The third-order valence-corrected chi connectivity index (χ3v) is 4.30. The monoisotopic (exact) mass is 285 g/mol. The van der Waals surface area contributed by atoms with Gasteiger partial charge in [0.15, 0.2) is 5.41 Å². The van der Waals surface area contributed by atoms with E-state index in [1.807, 2.05) is 6.92 Å².